The maximum absolute atomic E-state index is 12.5. The number of hydrogen-bond acceptors (Lipinski definition) is 6. The van der Waals surface area contributed by atoms with Crippen LogP contribution in [0.5, 0.6) is 0 Å². The van der Waals surface area contributed by atoms with Crippen molar-refractivity contribution < 1.29 is 8.83 Å². The van der Waals surface area contributed by atoms with Crippen LogP contribution in [0.25, 0.3) is 55.5 Å². The molecule has 0 spiro atoms. The van der Waals surface area contributed by atoms with Crippen molar-refractivity contribution in [3.63, 3.8) is 0 Å². The summed E-state index contributed by atoms with van der Waals surface area (Å²) in [5.41, 5.74) is 1.57. The van der Waals surface area contributed by atoms with Gasteiger partial charge >= 0.3 is 11.3 Å². The van der Waals surface area contributed by atoms with Gasteiger partial charge in [0.2, 0.25) is 11.8 Å². The molecule has 4 aromatic carbocycles. The van der Waals surface area contributed by atoms with E-state index in [-0.39, 0.29) is 11.8 Å². The van der Waals surface area contributed by atoms with E-state index >= 15 is 0 Å². The van der Waals surface area contributed by atoms with Crippen LogP contribution in [0.4, 0.5) is 0 Å². The Morgan fingerprint density at radius 3 is 1.28 bits per heavy atom. The number of aromatic nitrogens is 2. The number of hydrogen-bond donors (Lipinski definition) is 0. The first-order chi connectivity index (χ1) is 15.7. The summed E-state index contributed by atoms with van der Waals surface area (Å²) in [4.78, 5) is 34.1. The smallest absolute Gasteiger partial charge is 0.347 e. The van der Waals surface area contributed by atoms with Crippen LogP contribution in [0.2, 0.25) is 0 Å². The lowest BCUT2D eigenvalue weighted by atomic mass is 9.99. The van der Waals surface area contributed by atoms with Gasteiger partial charge in [0, 0.05) is 11.1 Å². The first-order valence-electron chi connectivity index (χ1n) is 10.0. The summed E-state index contributed by atoms with van der Waals surface area (Å²) in [7, 11) is 0. The molecule has 0 saturated heterocycles. The van der Waals surface area contributed by atoms with Crippen LogP contribution in [-0.2, 0) is 0 Å². The molecule has 6 heteroatoms. The quantitative estimate of drug-likeness (QED) is 0.385. The molecule has 2 heterocycles. The van der Waals surface area contributed by atoms with Crippen LogP contribution in [-0.4, -0.2) is 9.97 Å². The molecule has 0 aliphatic carbocycles. The van der Waals surface area contributed by atoms with E-state index in [4.69, 9.17) is 8.83 Å². The molecule has 0 aliphatic heterocycles. The van der Waals surface area contributed by atoms with Gasteiger partial charge in [-0.2, -0.15) is 0 Å². The number of para-hydroxylation sites is 2. The Kier molecular flexibility index (Phi) is 3.98. The molecule has 0 radical (unpaired) electrons. The first kappa shape index (κ1) is 18.2. The summed E-state index contributed by atoms with van der Waals surface area (Å²) < 4.78 is 11.1. The van der Waals surface area contributed by atoms with Gasteiger partial charge in [0.15, 0.2) is 0 Å². The molecule has 152 valence electrons. The average Bonchev–Trinajstić information content (AvgIpc) is 2.83. The number of benzene rings is 4. The van der Waals surface area contributed by atoms with Crippen molar-refractivity contribution >= 4 is 32.6 Å². The second-order valence-corrected chi connectivity index (χ2v) is 7.35. The first-order valence-corrected chi connectivity index (χ1v) is 10.0. The molecule has 0 N–H and O–H groups in total. The fourth-order valence-corrected chi connectivity index (χ4v) is 3.94. The third kappa shape index (κ3) is 2.81. The van der Waals surface area contributed by atoms with E-state index in [1.165, 1.54) is 0 Å². The van der Waals surface area contributed by atoms with E-state index in [0.717, 1.165) is 10.8 Å². The Morgan fingerprint density at radius 1 is 0.469 bits per heavy atom. The minimum Gasteiger partial charge on any atom is -0.403 e. The standard InChI is InChI=1S/C26H14N2O4/c29-25-19-9-3-5-11-21(19)27-23(31-25)17-13-14-18(16-8-2-1-7-15(16)17)24-28-22-12-6-4-10-20(22)26(30)32-24/h1-14H. The van der Waals surface area contributed by atoms with E-state index in [1.54, 1.807) is 48.5 Å². The minimum absolute atomic E-state index is 0.226. The lowest BCUT2D eigenvalue weighted by molar-refractivity contribution is 0.517. The van der Waals surface area contributed by atoms with Crippen molar-refractivity contribution in [2.75, 3.05) is 0 Å². The van der Waals surface area contributed by atoms with Gasteiger partial charge in [-0.1, -0.05) is 48.5 Å². The van der Waals surface area contributed by atoms with Crippen LogP contribution >= 0.6 is 0 Å². The molecule has 0 bridgehead atoms. The van der Waals surface area contributed by atoms with Gasteiger partial charge in [0.25, 0.3) is 0 Å². The Morgan fingerprint density at radius 2 is 0.844 bits per heavy atom. The van der Waals surface area contributed by atoms with E-state index in [2.05, 4.69) is 9.97 Å². The molecular formula is C26H14N2O4. The predicted molar refractivity (Wildman–Crippen MR) is 122 cm³/mol. The number of fused-ring (bicyclic) bond motifs is 3. The third-order valence-corrected chi connectivity index (χ3v) is 5.46. The fourth-order valence-electron chi connectivity index (χ4n) is 3.94. The minimum atomic E-state index is -0.444. The van der Waals surface area contributed by atoms with Crippen molar-refractivity contribution in [1.82, 2.24) is 9.97 Å². The third-order valence-electron chi connectivity index (χ3n) is 5.46. The van der Waals surface area contributed by atoms with Gasteiger partial charge in [0.1, 0.15) is 0 Å². The van der Waals surface area contributed by atoms with E-state index < -0.39 is 11.3 Å². The fraction of sp³-hybridized carbons (Fsp3) is 0. The van der Waals surface area contributed by atoms with Crippen molar-refractivity contribution in [3.05, 3.63) is 106 Å². The lowest BCUT2D eigenvalue weighted by Gasteiger charge is -2.10. The predicted octanol–water partition coefficient (Wildman–Crippen LogP) is 5.18. The maximum Gasteiger partial charge on any atom is 0.347 e. The number of rotatable bonds is 2. The Hall–Kier alpha value is -4.58. The maximum atomic E-state index is 12.5. The average molecular weight is 418 g/mol. The zero-order valence-electron chi connectivity index (χ0n) is 16.6. The second kappa shape index (κ2) is 6.99. The van der Waals surface area contributed by atoms with Crippen LogP contribution in [0.1, 0.15) is 0 Å². The van der Waals surface area contributed by atoms with Gasteiger partial charge < -0.3 is 8.83 Å². The highest BCUT2D eigenvalue weighted by atomic mass is 16.4. The normalized spacial score (nSPS) is 11.4. The molecule has 6 rings (SSSR count). The molecule has 0 saturated carbocycles. The molecule has 0 fully saturated rings. The van der Waals surface area contributed by atoms with E-state index in [9.17, 15) is 9.59 Å². The van der Waals surface area contributed by atoms with E-state index in [1.807, 2.05) is 36.4 Å². The van der Waals surface area contributed by atoms with Crippen molar-refractivity contribution in [2.24, 2.45) is 0 Å². The molecule has 6 aromatic rings. The Balaban J connectivity index is 1.62. The molecule has 6 nitrogen and oxygen atoms in total. The highest BCUT2D eigenvalue weighted by Crippen LogP contribution is 2.34. The van der Waals surface area contributed by atoms with Crippen LogP contribution in [0.3, 0.4) is 0 Å². The van der Waals surface area contributed by atoms with Gasteiger partial charge in [-0.3, -0.25) is 0 Å². The van der Waals surface area contributed by atoms with Gasteiger partial charge in [-0.05, 0) is 47.2 Å². The highest BCUT2D eigenvalue weighted by molar-refractivity contribution is 6.03. The van der Waals surface area contributed by atoms with Gasteiger partial charge in [-0.15, -0.1) is 0 Å². The van der Waals surface area contributed by atoms with Gasteiger partial charge in [-0.25, -0.2) is 19.6 Å². The Bertz CT molecular complexity index is 1650. The van der Waals surface area contributed by atoms with Crippen LogP contribution < -0.4 is 11.3 Å². The highest BCUT2D eigenvalue weighted by Gasteiger charge is 2.16. The van der Waals surface area contributed by atoms with Crippen molar-refractivity contribution in [2.45, 2.75) is 0 Å². The summed E-state index contributed by atoms with van der Waals surface area (Å²) in [5.74, 6) is 0.453. The van der Waals surface area contributed by atoms with Gasteiger partial charge in [0.05, 0.1) is 21.8 Å². The van der Waals surface area contributed by atoms with Crippen LogP contribution in [0, 0.1) is 0 Å². The second-order valence-electron chi connectivity index (χ2n) is 7.35. The lowest BCUT2D eigenvalue weighted by Crippen LogP contribution is -2.04. The van der Waals surface area contributed by atoms with Crippen LogP contribution in [0.15, 0.2) is 103 Å². The topological polar surface area (TPSA) is 86.2 Å². The molecule has 32 heavy (non-hydrogen) atoms. The van der Waals surface area contributed by atoms with Crippen molar-refractivity contribution in [1.29, 1.82) is 0 Å². The molecule has 0 aliphatic rings. The summed E-state index contributed by atoms with van der Waals surface area (Å²) in [5, 5.41) is 2.46. The monoisotopic (exact) mass is 418 g/mol. The summed E-state index contributed by atoms with van der Waals surface area (Å²) >= 11 is 0. The summed E-state index contributed by atoms with van der Waals surface area (Å²) in [6.45, 7) is 0. The number of nitrogens with zero attached hydrogens (tertiary/aromatic N) is 2. The zero-order valence-corrected chi connectivity index (χ0v) is 16.6. The molecule has 0 amide bonds. The van der Waals surface area contributed by atoms with E-state index in [0.29, 0.717) is 32.9 Å². The molecular weight excluding hydrogens is 404 g/mol. The SMILES string of the molecule is O=c1oc(-c2ccc(-c3nc4ccccc4c(=O)o3)c3ccccc23)nc2ccccc12. The molecule has 0 unspecified atom stereocenters. The summed E-state index contributed by atoms with van der Waals surface area (Å²) in [6.07, 6.45) is 0. The molecule has 0 atom stereocenters. The van der Waals surface area contributed by atoms with Crippen molar-refractivity contribution in [3.8, 4) is 22.9 Å². The zero-order chi connectivity index (χ0) is 21.7. The largest absolute Gasteiger partial charge is 0.403 e. The Labute approximate surface area is 180 Å². The molecule has 2 aromatic heterocycles. The summed E-state index contributed by atoms with van der Waals surface area (Å²) in [6, 6.07) is 25.3.